The van der Waals surface area contributed by atoms with Crippen LogP contribution in [0, 0.1) is 6.92 Å². The van der Waals surface area contributed by atoms with Crippen LogP contribution < -0.4 is 4.90 Å². The molecule has 1 aliphatic heterocycles. The molecule has 3 rings (SSSR count). The topological polar surface area (TPSA) is 3.24 Å². The Bertz CT molecular complexity index is 544. The van der Waals surface area contributed by atoms with Crippen LogP contribution in [0.25, 0.3) is 0 Å². The first-order valence-electron chi connectivity index (χ1n) is 6.30. The second kappa shape index (κ2) is 4.77. The molecule has 1 saturated heterocycles. The van der Waals surface area contributed by atoms with Gasteiger partial charge in [0.25, 0.3) is 0 Å². The molecule has 0 unspecified atom stereocenters. The first-order chi connectivity index (χ1) is 8.75. The van der Waals surface area contributed by atoms with Gasteiger partial charge in [-0.3, -0.25) is 0 Å². The number of hydrogen-bond donors (Lipinski definition) is 0. The first kappa shape index (κ1) is 11.8. The Morgan fingerprint density at radius 3 is 2.44 bits per heavy atom. The first-order valence-corrected chi connectivity index (χ1v) is 7.10. The fourth-order valence-electron chi connectivity index (χ4n) is 2.55. The molecule has 1 fully saturated rings. The van der Waals surface area contributed by atoms with Gasteiger partial charge in [-0.1, -0.05) is 52.3 Å². The van der Waals surface area contributed by atoms with Crippen LogP contribution in [0.1, 0.15) is 17.0 Å². The van der Waals surface area contributed by atoms with Gasteiger partial charge >= 0.3 is 0 Å². The molecule has 0 N–H and O–H groups in total. The van der Waals surface area contributed by atoms with E-state index in [1.54, 1.807) is 0 Å². The van der Waals surface area contributed by atoms with Gasteiger partial charge < -0.3 is 4.90 Å². The average Bonchev–Trinajstić information content (AvgIpc) is 2.34. The van der Waals surface area contributed by atoms with E-state index in [1.165, 1.54) is 21.3 Å². The molecule has 0 aliphatic carbocycles. The monoisotopic (exact) mass is 301 g/mol. The average molecular weight is 302 g/mol. The zero-order chi connectivity index (χ0) is 12.5. The van der Waals surface area contributed by atoms with Crippen LogP contribution in [0.2, 0.25) is 0 Å². The Balaban J connectivity index is 1.74. The summed E-state index contributed by atoms with van der Waals surface area (Å²) in [5.74, 6) is 0.685. The quantitative estimate of drug-likeness (QED) is 0.796. The molecule has 0 atom stereocenters. The third kappa shape index (κ3) is 2.05. The van der Waals surface area contributed by atoms with Crippen LogP contribution in [-0.2, 0) is 0 Å². The molecular formula is C16H16BrN. The lowest BCUT2D eigenvalue weighted by molar-refractivity contribution is 0.524. The second-order valence-corrected chi connectivity index (χ2v) is 5.75. The summed E-state index contributed by atoms with van der Waals surface area (Å²) in [6, 6.07) is 17.2. The second-order valence-electron chi connectivity index (χ2n) is 4.90. The van der Waals surface area contributed by atoms with Crippen molar-refractivity contribution in [1.29, 1.82) is 0 Å². The van der Waals surface area contributed by atoms with E-state index in [0.717, 1.165) is 13.1 Å². The van der Waals surface area contributed by atoms with Gasteiger partial charge in [0, 0.05) is 29.2 Å². The minimum Gasteiger partial charge on any atom is -0.370 e. The van der Waals surface area contributed by atoms with Gasteiger partial charge in [0.05, 0.1) is 0 Å². The van der Waals surface area contributed by atoms with Crippen molar-refractivity contribution < 1.29 is 0 Å². The third-order valence-corrected chi connectivity index (χ3v) is 4.59. The predicted molar refractivity (Wildman–Crippen MR) is 80.3 cm³/mol. The van der Waals surface area contributed by atoms with Crippen molar-refractivity contribution in [2.45, 2.75) is 12.8 Å². The van der Waals surface area contributed by atoms with Gasteiger partial charge in [-0.15, -0.1) is 0 Å². The lowest BCUT2D eigenvalue weighted by Crippen LogP contribution is -2.45. The molecule has 92 valence electrons. The maximum absolute atomic E-state index is 3.60. The Morgan fingerprint density at radius 1 is 1.00 bits per heavy atom. The Kier molecular flexibility index (Phi) is 3.13. The van der Waals surface area contributed by atoms with E-state index in [-0.39, 0.29) is 0 Å². The van der Waals surface area contributed by atoms with Crippen molar-refractivity contribution in [3.63, 3.8) is 0 Å². The smallest absolute Gasteiger partial charge is 0.0407 e. The SMILES string of the molecule is Cc1c(Br)cccc1N1CC(c2ccccc2)C1. The van der Waals surface area contributed by atoms with Crippen molar-refractivity contribution in [2.75, 3.05) is 18.0 Å². The van der Waals surface area contributed by atoms with E-state index in [1.807, 2.05) is 0 Å². The van der Waals surface area contributed by atoms with E-state index in [4.69, 9.17) is 0 Å². The van der Waals surface area contributed by atoms with Crippen LogP contribution in [0.4, 0.5) is 5.69 Å². The number of nitrogens with zero attached hydrogens (tertiary/aromatic N) is 1. The molecule has 2 heteroatoms. The van der Waals surface area contributed by atoms with Crippen molar-refractivity contribution >= 4 is 21.6 Å². The lowest BCUT2D eigenvalue weighted by atomic mass is 9.90. The highest BCUT2D eigenvalue weighted by Crippen LogP contribution is 2.35. The number of anilines is 1. The van der Waals surface area contributed by atoms with Crippen LogP contribution in [0.3, 0.4) is 0 Å². The molecule has 0 spiro atoms. The van der Waals surface area contributed by atoms with E-state index in [2.05, 4.69) is 76.3 Å². The molecule has 1 nitrogen and oxygen atoms in total. The minimum absolute atomic E-state index is 0.685. The van der Waals surface area contributed by atoms with Crippen LogP contribution in [0.15, 0.2) is 53.0 Å². The highest BCUT2D eigenvalue weighted by molar-refractivity contribution is 9.10. The third-order valence-electron chi connectivity index (χ3n) is 3.73. The summed E-state index contributed by atoms with van der Waals surface area (Å²) in [5.41, 5.74) is 4.15. The number of halogens is 1. The van der Waals surface area contributed by atoms with Gasteiger partial charge in [-0.25, -0.2) is 0 Å². The van der Waals surface area contributed by atoms with Crippen molar-refractivity contribution in [2.24, 2.45) is 0 Å². The van der Waals surface area contributed by atoms with Crippen LogP contribution in [-0.4, -0.2) is 13.1 Å². The molecule has 1 heterocycles. The number of rotatable bonds is 2. The Labute approximate surface area is 117 Å². The minimum atomic E-state index is 0.685. The molecule has 18 heavy (non-hydrogen) atoms. The van der Waals surface area contributed by atoms with Gasteiger partial charge in [-0.05, 0) is 30.2 Å². The van der Waals surface area contributed by atoms with Crippen molar-refractivity contribution in [3.8, 4) is 0 Å². The maximum Gasteiger partial charge on any atom is 0.0407 e. The van der Waals surface area contributed by atoms with Gasteiger partial charge in [0.15, 0.2) is 0 Å². The molecule has 0 amide bonds. The van der Waals surface area contributed by atoms with Crippen molar-refractivity contribution in [1.82, 2.24) is 0 Å². The molecule has 0 saturated carbocycles. The fourth-order valence-corrected chi connectivity index (χ4v) is 2.91. The summed E-state index contributed by atoms with van der Waals surface area (Å²) in [5, 5.41) is 0. The van der Waals surface area contributed by atoms with Crippen LogP contribution in [0.5, 0.6) is 0 Å². The highest BCUT2D eigenvalue weighted by Gasteiger charge is 2.28. The van der Waals surface area contributed by atoms with Crippen LogP contribution >= 0.6 is 15.9 Å². The summed E-state index contributed by atoms with van der Waals surface area (Å²) in [4.78, 5) is 2.46. The summed E-state index contributed by atoms with van der Waals surface area (Å²) in [6.45, 7) is 4.43. The molecule has 2 aromatic rings. The predicted octanol–water partition coefficient (Wildman–Crippen LogP) is 4.36. The summed E-state index contributed by atoms with van der Waals surface area (Å²) >= 11 is 3.60. The van der Waals surface area contributed by atoms with Gasteiger partial charge in [0.2, 0.25) is 0 Å². The van der Waals surface area contributed by atoms with E-state index < -0.39 is 0 Å². The van der Waals surface area contributed by atoms with E-state index in [0.29, 0.717) is 5.92 Å². The fraction of sp³-hybridized carbons (Fsp3) is 0.250. The molecule has 0 radical (unpaired) electrons. The molecule has 2 aromatic carbocycles. The van der Waals surface area contributed by atoms with E-state index in [9.17, 15) is 0 Å². The van der Waals surface area contributed by atoms with Crippen molar-refractivity contribution in [3.05, 3.63) is 64.1 Å². The largest absolute Gasteiger partial charge is 0.370 e. The zero-order valence-corrected chi connectivity index (χ0v) is 12.0. The lowest BCUT2D eigenvalue weighted by Gasteiger charge is -2.42. The summed E-state index contributed by atoms with van der Waals surface area (Å²) < 4.78 is 1.20. The Morgan fingerprint density at radius 2 is 1.72 bits per heavy atom. The molecular weight excluding hydrogens is 286 g/mol. The number of benzene rings is 2. The van der Waals surface area contributed by atoms with Gasteiger partial charge in [0.1, 0.15) is 0 Å². The molecule has 1 aliphatic rings. The zero-order valence-electron chi connectivity index (χ0n) is 10.4. The Hall–Kier alpha value is -1.28. The highest BCUT2D eigenvalue weighted by atomic mass is 79.9. The maximum atomic E-state index is 3.60. The summed E-state index contributed by atoms with van der Waals surface area (Å²) in [7, 11) is 0. The molecule has 0 aromatic heterocycles. The molecule has 0 bridgehead atoms. The normalized spacial score (nSPS) is 15.6. The standard InChI is InChI=1S/C16H16BrN/c1-12-15(17)8-5-9-16(12)18-10-14(11-18)13-6-3-2-4-7-13/h2-9,14H,10-11H2,1H3. The van der Waals surface area contributed by atoms with E-state index >= 15 is 0 Å². The van der Waals surface area contributed by atoms with Gasteiger partial charge in [-0.2, -0.15) is 0 Å². The summed E-state index contributed by atoms with van der Waals surface area (Å²) in [6.07, 6.45) is 0. The number of hydrogen-bond acceptors (Lipinski definition) is 1.